The minimum atomic E-state index is -3.80. The van der Waals surface area contributed by atoms with Crippen LogP contribution in [0.25, 0.3) is 0 Å². The Morgan fingerprint density at radius 2 is 1.56 bits per heavy atom. The van der Waals surface area contributed by atoms with E-state index in [4.69, 9.17) is 4.74 Å². The smallest absolute Gasteiger partial charge is 0.253 e. The van der Waals surface area contributed by atoms with Crippen LogP contribution in [0, 0.1) is 0 Å². The normalized spacial score (nSPS) is 11.9. The van der Waals surface area contributed by atoms with E-state index in [1.54, 1.807) is 48.5 Å². The van der Waals surface area contributed by atoms with Gasteiger partial charge in [-0.3, -0.25) is 13.9 Å². The van der Waals surface area contributed by atoms with Crippen molar-refractivity contribution < 1.29 is 22.7 Å². The van der Waals surface area contributed by atoms with Crippen LogP contribution >= 0.6 is 0 Å². The molecule has 0 aliphatic carbocycles. The van der Waals surface area contributed by atoms with E-state index >= 15 is 0 Å². The molecule has 9 heteroatoms. The molecule has 2 N–H and O–H groups in total. The summed E-state index contributed by atoms with van der Waals surface area (Å²) in [6.45, 7) is 1.38. The molecule has 0 aromatic heterocycles. The maximum atomic E-state index is 12.9. The Morgan fingerprint density at radius 1 is 0.941 bits per heavy atom. The number of benzene rings is 3. The highest BCUT2D eigenvalue weighted by Gasteiger charge is 2.24. The zero-order valence-electron chi connectivity index (χ0n) is 19.2. The minimum Gasteiger partial charge on any atom is -0.495 e. The van der Waals surface area contributed by atoms with E-state index in [-0.39, 0.29) is 28.9 Å². The standard InChI is InChI=1S/C25H27N3O5S/c1-18(19-11-5-4-6-12-19)26-25(30)20-13-7-8-14-21(20)27-24(29)17-28(34(3,31)32)22-15-9-10-16-23(22)33-2/h4-16,18H,17H2,1-3H3,(H,26,30)(H,27,29)/t18-/m1/s1. The van der Waals surface area contributed by atoms with Gasteiger partial charge in [0.2, 0.25) is 15.9 Å². The van der Waals surface area contributed by atoms with Crippen LogP contribution in [0.3, 0.4) is 0 Å². The van der Waals surface area contributed by atoms with E-state index in [1.807, 2.05) is 37.3 Å². The van der Waals surface area contributed by atoms with Gasteiger partial charge in [-0.25, -0.2) is 8.42 Å². The molecule has 0 radical (unpaired) electrons. The Bertz CT molecular complexity index is 1260. The number of methoxy groups -OCH3 is 1. The zero-order valence-corrected chi connectivity index (χ0v) is 20.0. The average Bonchev–Trinajstić information content (AvgIpc) is 2.82. The molecule has 178 valence electrons. The van der Waals surface area contributed by atoms with Crippen molar-refractivity contribution in [1.29, 1.82) is 0 Å². The SMILES string of the molecule is COc1ccccc1N(CC(=O)Nc1ccccc1C(=O)N[C@H](C)c1ccccc1)S(C)(=O)=O. The van der Waals surface area contributed by atoms with Crippen molar-refractivity contribution in [2.75, 3.05) is 29.5 Å². The summed E-state index contributed by atoms with van der Waals surface area (Å²) in [5.74, 6) is -0.653. The molecule has 0 aliphatic rings. The molecule has 2 amide bonds. The highest BCUT2D eigenvalue weighted by molar-refractivity contribution is 7.92. The Kier molecular flexibility index (Phi) is 7.91. The third-order valence-electron chi connectivity index (χ3n) is 5.13. The first-order valence-electron chi connectivity index (χ1n) is 10.6. The Morgan fingerprint density at radius 3 is 2.24 bits per heavy atom. The second-order valence-electron chi connectivity index (χ2n) is 7.64. The summed E-state index contributed by atoms with van der Waals surface area (Å²) in [4.78, 5) is 25.8. The summed E-state index contributed by atoms with van der Waals surface area (Å²) in [5.41, 5.74) is 1.73. The van der Waals surface area contributed by atoms with Gasteiger partial charge in [-0.2, -0.15) is 0 Å². The molecular formula is C25H27N3O5S. The molecule has 0 unspecified atom stereocenters. The molecule has 34 heavy (non-hydrogen) atoms. The molecule has 0 aliphatic heterocycles. The van der Waals surface area contributed by atoms with Crippen LogP contribution in [0.15, 0.2) is 78.9 Å². The van der Waals surface area contributed by atoms with Crippen LogP contribution in [-0.2, 0) is 14.8 Å². The predicted octanol–water partition coefficient (Wildman–Crippen LogP) is 3.59. The number of ether oxygens (including phenoxy) is 1. The second-order valence-corrected chi connectivity index (χ2v) is 9.55. The van der Waals surface area contributed by atoms with Gasteiger partial charge in [0.15, 0.2) is 0 Å². The zero-order chi connectivity index (χ0) is 24.7. The molecule has 0 bridgehead atoms. The first-order chi connectivity index (χ1) is 16.2. The lowest BCUT2D eigenvalue weighted by Crippen LogP contribution is -2.38. The summed E-state index contributed by atoms with van der Waals surface area (Å²) in [6, 6.07) is 22.3. The van der Waals surface area contributed by atoms with Gasteiger partial charge in [0, 0.05) is 0 Å². The molecule has 1 atom stereocenters. The maximum Gasteiger partial charge on any atom is 0.253 e. The lowest BCUT2D eigenvalue weighted by molar-refractivity contribution is -0.114. The lowest BCUT2D eigenvalue weighted by atomic mass is 10.1. The molecule has 0 fully saturated rings. The van der Waals surface area contributed by atoms with Crippen molar-refractivity contribution in [3.8, 4) is 5.75 Å². The van der Waals surface area contributed by atoms with Crippen molar-refractivity contribution in [3.05, 3.63) is 90.0 Å². The summed E-state index contributed by atoms with van der Waals surface area (Å²) < 4.78 is 31.1. The van der Waals surface area contributed by atoms with Crippen molar-refractivity contribution in [3.63, 3.8) is 0 Å². The number of hydrogen-bond donors (Lipinski definition) is 2. The molecule has 3 aromatic carbocycles. The summed E-state index contributed by atoms with van der Waals surface area (Å²) in [5, 5.41) is 5.59. The molecule has 3 rings (SSSR count). The van der Waals surface area contributed by atoms with Gasteiger partial charge in [-0.05, 0) is 36.8 Å². The third kappa shape index (κ3) is 6.14. The second kappa shape index (κ2) is 10.8. The number of carbonyl (C=O) groups excluding carboxylic acids is 2. The first-order valence-corrected chi connectivity index (χ1v) is 12.4. The van der Waals surface area contributed by atoms with Crippen LogP contribution in [0.5, 0.6) is 5.75 Å². The highest BCUT2D eigenvalue weighted by atomic mass is 32.2. The summed E-state index contributed by atoms with van der Waals surface area (Å²) in [6.07, 6.45) is 1.01. The topological polar surface area (TPSA) is 105 Å². The van der Waals surface area contributed by atoms with Crippen LogP contribution < -0.4 is 19.7 Å². The number of hydrogen-bond acceptors (Lipinski definition) is 5. The van der Waals surface area contributed by atoms with Gasteiger partial charge in [-0.15, -0.1) is 0 Å². The number of carbonyl (C=O) groups is 2. The number of anilines is 2. The molecule has 8 nitrogen and oxygen atoms in total. The lowest BCUT2D eigenvalue weighted by Gasteiger charge is -2.24. The monoisotopic (exact) mass is 481 g/mol. The van der Waals surface area contributed by atoms with Crippen LogP contribution in [-0.4, -0.2) is 40.1 Å². The molecule has 0 heterocycles. The van der Waals surface area contributed by atoms with Crippen LogP contribution in [0.4, 0.5) is 11.4 Å². The van der Waals surface area contributed by atoms with Gasteiger partial charge in [0.05, 0.1) is 36.3 Å². The number of amides is 2. The largest absolute Gasteiger partial charge is 0.495 e. The third-order valence-corrected chi connectivity index (χ3v) is 6.26. The maximum absolute atomic E-state index is 12.9. The van der Waals surface area contributed by atoms with E-state index in [9.17, 15) is 18.0 Å². The van der Waals surface area contributed by atoms with E-state index in [2.05, 4.69) is 10.6 Å². The molecule has 0 spiro atoms. The fourth-order valence-corrected chi connectivity index (χ4v) is 4.29. The molecule has 0 saturated carbocycles. The molecule has 0 saturated heterocycles. The first kappa shape index (κ1) is 24.8. The number of nitrogens with one attached hydrogen (secondary N) is 2. The number of rotatable bonds is 9. The van der Waals surface area contributed by atoms with Crippen molar-refractivity contribution in [2.45, 2.75) is 13.0 Å². The summed E-state index contributed by atoms with van der Waals surface area (Å²) in [7, 11) is -2.38. The fraction of sp³-hybridized carbons (Fsp3) is 0.200. The van der Waals surface area contributed by atoms with E-state index in [0.29, 0.717) is 5.75 Å². The Hall–Kier alpha value is -3.85. The predicted molar refractivity (Wildman–Crippen MR) is 133 cm³/mol. The fourth-order valence-electron chi connectivity index (χ4n) is 3.43. The number of nitrogens with zero attached hydrogens (tertiary/aromatic N) is 1. The van der Waals surface area contributed by atoms with Crippen LogP contribution in [0.1, 0.15) is 28.9 Å². The van der Waals surface area contributed by atoms with Gasteiger partial charge in [-0.1, -0.05) is 54.6 Å². The summed E-state index contributed by atoms with van der Waals surface area (Å²) >= 11 is 0. The Labute approximate surface area is 199 Å². The quantitative estimate of drug-likeness (QED) is 0.486. The van der Waals surface area contributed by atoms with Gasteiger partial charge in [0.25, 0.3) is 5.91 Å². The minimum absolute atomic E-state index is 0.241. The van der Waals surface area contributed by atoms with Crippen molar-refractivity contribution in [1.82, 2.24) is 5.32 Å². The van der Waals surface area contributed by atoms with Gasteiger partial charge >= 0.3 is 0 Å². The van der Waals surface area contributed by atoms with Gasteiger partial charge < -0.3 is 15.4 Å². The average molecular weight is 482 g/mol. The van der Waals surface area contributed by atoms with Crippen molar-refractivity contribution >= 4 is 33.2 Å². The molecule has 3 aromatic rings. The van der Waals surface area contributed by atoms with E-state index < -0.39 is 22.5 Å². The van der Waals surface area contributed by atoms with E-state index in [1.165, 1.54) is 7.11 Å². The number of para-hydroxylation sites is 3. The number of sulfonamides is 1. The highest BCUT2D eigenvalue weighted by Crippen LogP contribution is 2.29. The van der Waals surface area contributed by atoms with Gasteiger partial charge in [0.1, 0.15) is 12.3 Å². The van der Waals surface area contributed by atoms with Crippen LogP contribution in [0.2, 0.25) is 0 Å². The molecular weight excluding hydrogens is 454 g/mol. The van der Waals surface area contributed by atoms with E-state index in [0.717, 1.165) is 16.1 Å². The van der Waals surface area contributed by atoms with Crippen molar-refractivity contribution in [2.24, 2.45) is 0 Å². The Balaban J connectivity index is 1.79.